The van der Waals surface area contributed by atoms with E-state index in [0.717, 1.165) is 5.69 Å². The highest BCUT2D eigenvalue weighted by molar-refractivity contribution is 5.84. The van der Waals surface area contributed by atoms with Crippen molar-refractivity contribution in [2.45, 2.75) is 24.4 Å². The molecule has 0 aliphatic carbocycles. The Bertz CT molecular complexity index is 549. The molecule has 134 valence electrons. The molecule has 0 spiro atoms. The molecule has 0 saturated carbocycles. The molecule has 0 radical (unpaired) electrons. The summed E-state index contributed by atoms with van der Waals surface area (Å²) in [5, 5.41) is 50.1. The van der Waals surface area contributed by atoms with Crippen LogP contribution in [-0.2, 0) is 4.79 Å². The Balaban J connectivity index is 2.58. The lowest BCUT2D eigenvalue weighted by Crippen LogP contribution is -2.50. The van der Waals surface area contributed by atoms with Gasteiger partial charge in [0.15, 0.2) is 6.10 Å². The second kappa shape index (κ2) is 9.30. The zero-order valence-corrected chi connectivity index (χ0v) is 13.4. The number of amides is 1. The van der Waals surface area contributed by atoms with Crippen molar-refractivity contribution in [3.8, 4) is 0 Å². The van der Waals surface area contributed by atoms with Gasteiger partial charge in [-0.3, -0.25) is 4.79 Å². The van der Waals surface area contributed by atoms with Gasteiger partial charge in [-0.25, -0.2) is 5.43 Å². The molecule has 0 saturated heterocycles. The highest BCUT2D eigenvalue weighted by Gasteiger charge is 2.34. The lowest BCUT2D eigenvalue weighted by Gasteiger charge is -2.24. The van der Waals surface area contributed by atoms with E-state index < -0.39 is 36.9 Å². The maximum absolute atomic E-state index is 11.6. The van der Waals surface area contributed by atoms with Crippen LogP contribution in [0.2, 0.25) is 0 Å². The number of benzene rings is 1. The molecule has 1 rings (SSSR count). The molecule has 1 aromatic carbocycles. The molecule has 0 fully saturated rings. The average molecular weight is 341 g/mol. The van der Waals surface area contributed by atoms with Crippen molar-refractivity contribution in [2.24, 2.45) is 5.10 Å². The molecule has 4 atom stereocenters. The highest BCUT2D eigenvalue weighted by Crippen LogP contribution is 2.11. The Kier molecular flexibility index (Phi) is 7.75. The van der Waals surface area contributed by atoms with Crippen LogP contribution in [0.3, 0.4) is 0 Å². The smallest absolute Gasteiger partial charge is 0.271 e. The molecule has 9 heteroatoms. The molecular weight excluding hydrogens is 318 g/mol. The maximum Gasteiger partial charge on any atom is 0.271 e. The topological polar surface area (TPSA) is 146 Å². The quantitative estimate of drug-likeness (QED) is 0.229. The molecule has 6 N–H and O–H groups in total. The van der Waals surface area contributed by atoms with Gasteiger partial charge in [0.05, 0.1) is 12.8 Å². The average Bonchev–Trinajstić information content (AvgIpc) is 2.59. The van der Waals surface area contributed by atoms with E-state index in [1.807, 2.05) is 36.6 Å². The third-order valence-electron chi connectivity index (χ3n) is 3.32. The van der Waals surface area contributed by atoms with Crippen molar-refractivity contribution in [2.75, 3.05) is 25.6 Å². The zero-order chi connectivity index (χ0) is 18.3. The second-order valence-corrected chi connectivity index (χ2v) is 5.40. The predicted molar refractivity (Wildman–Crippen MR) is 87.6 cm³/mol. The molecule has 24 heavy (non-hydrogen) atoms. The van der Waals surface area contributed by atoms with Gasteiger partial charge in [0, 0.05) is 19.8 Å². The van der Waals surface area contributed by atoms with Crippen LogP contribution in [0, 0.1) is 0 Å². The molecule has 0 bridgehead atoms. The van der Waals surface area contributed by atoms with Gasteiger partial charge in [-0.2, -0.15) is 5.10 Å². The van der Waals surface area contributed by atoms with Crippen LogP contribution >= 0.6 is 0 Å². The summed E-state index contributed by atoms with van der Waals surface area (Å²) in [4.78, 5) is 13.6. The van der Waals surface area contributed by atoms with Gasteiger partial charge >= 0.3 is 0 Å². The Morgan fingerprint density at radius 2 is 1.75 bits per heavy atom. The van der Waals surface area contributed by atoms with Gasteiger partial charge in [-0.15, -0.1) is 0 Å². The molecule has 1 amide bonds. The normalized spacial score (nSPS) is 16.5. The SMILES string of the molecule is CN(C)c1ccc(/C=N\NC(=O)[C@H](O)[C@H](O)[C@@H](O)[C@@H](O)CO)cc1. The first-order chi connectivity index (χ1) is 11.3. The van der Waals surface area contributed by atoms with Gasteiger partial charge in [-0.05, 0) is 17.7 Å². The number of nitrogens with one attached hydrogen (secondary N) is 1. The van der Waals surface area contributed by atoms with Crippen molar-refractivity contribution in [1.29, 1.82) is 0 Å². The summed E-state index contributed by atoms with van der Waals surface area (Å²) in [6.45, 7) is -0.826. The minimum atomic E-state index is -2.02. The predicted octanol–water partition coefficient (Wildman–Crippen LogP) is -2.36. The van der Waals surface area contributed by atoms with Crippen molar-refractivity contribution < 1.29 is 30.3 Å². The number of aliphatic hydroxyl groups excluding tert-OH is 5. The van der Waals surface area contributed by atoms with Crippen LogP contribution in [0.15, 0.2) is 29.4 Å². The van der Waals surface area contributed by atoms with Gasteiger partial charge in [0.2, 0.25) is 0 Å². The minimum Gasteiger partial charge on any atom is -0.394 e. The van der Waals surface area contributed by atoms with E-state index in [1.54, 1.807) is 12.1 Å². The number of anilines is 1. The van der Waals surface area contributed by atoms with Crippen molar-refractivity contribution >= 4 is 17.8 Å². The molecule has 0 aliphatic rings. The third kappa shape index (κ3) is 5.55. The molecule has 0 aliphatic heterocycles. The number of nitrogens with zero attached hydrogens (tertiary/aromatic N) is 2. The van der Waals surface area contributed by atoms with Crippen LogP contribution in [0.1, 0.15) is 5.56 Å². The van der Waals surface area contributed by atoms with Crippen LogP contribution < -0.4 is 10.3 Å². The monoisotopic (exact) mass is 341 g/mol. The molecular formula is C15H23N3O6. The van der Waals surface area contributed by atoms with Crippen LogP contribution in [-0.4, -0.2) is 82.8 Å². The largest absolute Gasteiger partial charge is 0.394 e. The number of hydrogen-bond donors (Lipinski definition) is 6. The second-order valence-electron chi connectivity index (χ2n) is 5.40. The molecule has 1 aromatic rings. The van der Waals surface area contributed by atoms with Crippen molar-refractivity contribution in [3.05, 3.63) is 29.8 Å². The third-order valence-corrected chi connectivity index (χ3v) is 3.32. The fourth-order valence-corrected chi connectivity index (χ4v) is 1.77. The van der Waals surface area contributed by atoms with E-state index in [4.69, 9.17) is 5.11 Å². The number of hydrogen-bond acceptors (Lipinski definition) is 8. The molecule has 0 aromatic heterocycles. The summed E-state index contributed by atoms with van der Waals surface area (Å²) < 4.78 is 0. The number of carbonyl (C=O) groups excluding carboxylic acids is 1. The standard InChI is InChI=1S/C15H23N3O6/c1-18(2)10-5-3-9(4-6-10)7-16-17-15(24)14(23)13(22)12(21)11(20)8-19/h3-7,11-14,19-23H,8H2,1-2H3,(H,17,24)/b16-7-/t11-,12-,13+,14+/m0/s1. The van der Waals surface area contributed by atoms with Crippen LogP contribution in [0.25, 0.3) is 0 Å². The van der Waals surface area contributed by atoms with E-state index in [0.29, 0.717) is 5.56 Å². The van der Waals surface area contributed by atoms with Crippen LogP contribution in [0.5, 0.6) is 0 Å². The zero-order valence-electron chi connectivity index (χ0n) is 13.4. The summed E-state index contributed by atoms with van der Waals surface area (Å²) in [6, 6.07) is 7.26. The summed E-state index contributed by atoms with van der Waals surface area (Å²) in [7, 11) is 3.80. The van der Waals surface area contributed by atoms with Crippen molar-refractivity contribution in [3.63, 3.8) is 0 Å². The fourth-order valence-electron chi connectivity index (χ4n) is 1.77. The molecule has 9 nitrogen and oxygen atoms in total. The molecule has 0 heterocycles. The Morgan fingerprint density at radius 3 is 2.25 bits per heavy atom. The first kappa shape index (κ1) is 20.0. The first-order valence-electron chi connectivity index (χ1n) is 7.21. The van der Waals surface area contributed by atoms with E-state index in [-0.39, 0.29) is 0 Å². The summed E-state index contributed by atoms with van der Waals surface area (Å²) in [5.74, 6) is -1.06. The van der Waals surface area contributed by atoms with E-state index in [1.165, 1.54) is 6.21 Å². The van der Waals surface area contributed by atoms with E-state index in [2.05, 4.69) is 5.10 Å². The van der Waals surface area contributed by atoms with Gasteiger partial charge in [0.1, 0.15) is 18.3 Å². The first-order valence-corrected chi connectivity index (χ1v) is 7.21. The highest BCUT2D eigenvalue weighted by atomic mass is 16.4. The number of carbonyl (C=O) groups is 1. The number of aliphatic hydroxyl groups is 5. The summed E-state index contributed by atoms with van der Waals surface area (Å²) in [6.07, 6.45) is -6.20. The van der Waals surface area contributed by atoms with Gasteiger partial charge in [0.25, 0.3) is 5.91 Å². The minimum absolute atomic E-state index is 0.701. The van der Waals surface area contributed by atoms with E-state index in [9.17, 15) is 25.2 Å². The molecule has 0 unspecified atom stereocenters. The van der Waals surface area contributed by atoms with Gasteiger partial charge in [-0.1, -0.05) is 12.1 Å². The van der Waals surface area contributed by atoms with Gasteiger partial charge < -0.3 is 30.4 Å². The van der Waals surface area contributed by atoms with Crippen LogP contribution in [0.4, 0.5) is 5.69 Å². The van der Waals surface area contributed by atoms with Crippen molar-refractivity contribution in [1.82, 2.24) is 5.43 Å². The Labute approximate surface area is 139 Å². The Hall–Kier alpha value is -2.04. The summed E-state index contributed by atoms with van der Waals surface area (Å²) in [5.41, 5.74) is 3.71. The number of hydrazone groups is 1. The lowest BCUT2D eigenvalue weighted by molar-refractivity contribution is -0.148. The Morgan fingerprint density at radius 1 is 1.17 bits per heavy atom. The summed E-state index contributed by atoms with van der Waals surface area (Å²) >= 11 is 0. The fraction of sp³-hybridized carbons (Fsp3) is 0.467. The maximum atomic E-state index is 11.6. The number of rotatable bonds is 8. The van der Waals surface area contributed by atoms with E-state index >= 15 is 0 Å². The lowest BCUT2D eigenvalue weighted by atomic mass is 10.0.